The van der Waals surface area contributed by atoms with Crippen molar-refractivity contribution in [2.75, 3.05) is 6.54 Å². The molecular formula is C18H23BrN2O3. The maximum atomic E-state index is 12.7. The third-order valence-electron chi connectivity index (χ3n) is 4.46. The second-order valence-corrected chi connectivity index (χ2v) is 8.33. The first-order valence-corrected chi connectivity index (χ1v) is 9.12. The minimum absolute atomic E-state index is 0.0124. The van der Waals surface area contributed by atoms with Crippen molar-refractivity contribution in [3.05, 3.63) is 33.8 Å². The van der Waals surface area contributed by atoms with E-state index in [1.54, 1.807) is 0 Å². The molecule has 2 amide bonds. The Morgan fingerprint density at radius 2 is 2.08 bits per heavy atom. The molecule has 1 aliphatic heterocycles. The Balaban J connectivity index is 1.67. The van der Waals surface area contributed by atoms with Crippen LogP contribution in [0.2, 0.25) is 0 Å². The van der Waals surface area contributed by atoms with Crippen molar-refractivity contribution in [2.24, 2.45) is 0 Å². The zero-order chi connectivity index (χ0) is 17.5. The summed E-state index contributed by atoms with van der Waals surface area (Å²) in [6.07, 6.45) is 2.02. The Morgan fingerprint density at radius 1 is 1.33 bits per heavy atom. The summed E-state index contributed by atoms with van der Waals surface area (Å²) in [5.41, 5.74) is 1.96. The van der Waals surface area contributed by atoms with Gasteiger partial charge >= 0.3 is 6.09 Å². The number of hydrogen-bond donors (Lipinski definition) is 1. The van der Waals surface area contributed by atoms with Gasteiger partial charge in [0.15, 0.2) is 0 Å². The largest absolute Gasteiger partial charge is 0.444 e. The molecule has 3 rings (SSSR count). The summed E-state index contributed by atoms with van der Waals surface area (Å²) < 4.78 is 6.32. The number of rotatable bonds is 2. The summed E-state index contributed by atoms with van der Waals surface area (Å²) in [5, 5.41) is 2.71. The van der Waals surface area contributed by atoms with E-state index in [9.17, 15) is 9.59 Å². The molecular weight excluding hydrogens is 372 g/mol. The normalized spacial score (nSPS) is 23.3. The SMILES string of the molecule is CC(C)(C)OC(=O)N[C@H]1CCN([C@@H]2CCc3cc(Br)ccc32)C1=O. The van der Waals surface area contributed by atoms with Gasteiger partial charge in [0.1, 0.15) is 11.6 Å². The molecule has 6 heteroatoms. The van der Waals surface area contributed by atoms with Crippen molar-refractivity contribution in [1.82, 2.24) is 10.2 Å². The number of alkyl carbamates (subject to hydrolysis) is 1. The molecule has 0 spiro atoms. The minimum Gasteiger partial charge on any atom is -0.444 e. The van der Waals surface area contributed by atoms with E-state index in [1.807, 2.05) is 31.7 Å². The van der Waals surface area contributed by atoms with Crippen LogP contribution in [0.3, 0.4) is 0 Å². The highest BCUT2D eigenvalue weighted by molar-refractivity contribution is 9.10. The van der Waals surface area contributed by atoms with Gasteiger partial charge in [0.2, 0.25) is 5.91 Å². The van der Waals surface area contributed by atoms with Gasteiger partial charge in [0.25, 0.3) is 0 Å². The standard InChI is InChI=1S/C18H23BrN2O3/c1-18(2,3)24-17(23)20-14-8-9-21(16(14)22)15-7-4-11-10-12(19)5-6-13(11)15/h5-6,10,14-15H,4,7-9H2,1-3H3,(H,20,23)/t14-,15+/m0/s1. The van der Waals surface area contributed by atoms with E-state index in [0.29, 0.717) is 13.0 Å². The molecule has 2 atom stereocenters. The molecule has 1 aromatic carbocycles. The molecule has 1 aromatic rings. The summed E-state index contributed by atoms with van der Waals surface area (Å²) in [5.74, 6) is -0.0124. The fourth-order valence-electron chi connectivity index (χ4n) is 3.48. The first-order chi connectivity index (χ1) is 11.2. The molecule has 1 fully saturated rings. The molecule has 0 aromatic heterocycles. The number of hydrogen-bond acceptors (Lipinski definition) is 3. The molecule has 0 radical (unpaired) electrons. The predicted octanol–water partition coefficient (Wildman–Crippen LogP) is 3.56. The van der Waals surface area contributed by atoms with Gasteiger partial charge in [-0.1, -0.05) is 22.0 Å². The van der Waals surface area contributed by atoms with Crippen LogP contribution in [0.1, 0.15) is 50.8 Å². The van der Waals surface area contributed by atoms with E-state index < -0.39 is 17.7 Å². The Labute approximate surface area is 150 Å². The van der Waals surface area contributed by atoms with Crippen molar-refractivity contribution >= 4 is 27.9 Å². The summed E-state index contributed by atoms with van der Waals surface area (Å²) in [6, 6.07) is 5.88. The Bertz CT molecular complexity index is 669. The average molecular weight is 395 g/mol. The predicted molar refractivity (Wildman–Crippen MR) is 94.7 cm³/mol. The second-order valence-electron chi connectivity index (χ2n) is 7.42. The van der Waals surface area contributed by atoms with Gasteiger partial charge in [0.05, 0.1) is 6.04 Å². The van der Waals surface area contributed by atoms with Gasteiger partial charge in [0, 0.05) is 11.0 Å². The highest BCUT2D eigenvalue weighted by Crippen LogP contribution is 2.39. The quantitative estimate of drug-likeness (QED) is 0.833. The molecule has 1 heterocycles. The lowest BCUT2D eigenvalue weighted by atomic mass is 10.1. The van der Waals surface area contributed by atoms with Gasteiger partial charge in [-0.25, -0.2) is 4.79 Å². The maximum absolute atomic E-state index is 12.7. The molecule has 5 nitrogen and oxygen atoms in total. The number of amides is 2. The van der Waals surface area contributed by atoms with Crippen molar-refractivity contribution in [2.45, 2.75) is 57.7 Å². The summed E-state index contributed by atoms with van der Waals surface area (Å²) in [7, 11) is 0. The van der Waals surface area contributed by atoms with E-state index in [-0.39, 0.29) is 11.9 Å². The molecule has 130 valence electrons. The van der Waals surface area contributed by atoms with Crippen LogP contribution in [-0.2, 0) is 16.0 Å². The third kappa shape index (κ3) is 3.58. The number of fused-ring (bicyclic) bond motifs is 1. The van der Waals surface area contributed by atoms with Crippen LogP contribution in [0.25, 0.3) is 0 Å². The van der Waals surface area contributed by atoms with Gasteiger partial charge in [-0.3, -0.25) is 4.79 Å². The van der Waals surface area contributed by atoms with Crippen LogP contribution in [0.5, 0.6) is 0 Å². The first-order valence-electron chi connectivity index (χ1n) is 8.33. The van der Waals surface area contributed by atoms with Crippen LogP contribution >= 0.6 is 15.9 Å². The lowest BCUT2D eigenvalue weighted by Gasteiger charge is -2.26. The lowest BCUT2D eigenvalue weighted by Crippen LogP contribution is -2.44. The topological polar surface area (TPSA) is 58.6 Å². The van der Waals surface area contributed by atoms with Crippen LogP contribution in [0, 0.1) is 0 Å². The second kappa shape index (κ2) is 6.39. The van der Waals surface area contributed by atoms with Crippen molar-refractivity contribution < 1.29 is 14.3 Å². The fourth-order valence-corrected chi connectivity index (χ4v) is 3.89. The summed E-state index contributed by atoms with van der Waals surface area (Å²) in [4.78, 5) is 26.5. The number of nitrogens with one attached hydrogen (secondary N) is 1. The van der Waals surface area contributed by atoms with E-state index in [1.165, 1.54) is 11.1 Å². The number of carbonyl (C=O) groups excluding carboxylic acids is 2. The number of benzene rings is 1. The smallest absolute Gasteiger partial charge is 0.408 e. The van der Waals surface area contributed by atoms with Crippen LogP contribution in [-0.4, -0.2) is 35.1 Å². The van der Waals surface area contributed by atoms with Gasteiger partial charge in [-0.05, 0) is 63.3 Å². The number of likely N-dealkylation sites (tertiary alicyclic amines) is 1. The number of carbonyl (C=O) groups is 2. The Hall–Kier alpha value is -1.56. The minimum atomic E-state index is -0.566. The molecule has 0 unspecified atom stereocenters. The molecule has 2 aliphatic rings. The fraction of sp³-hybridized carbons (Fsp3) is 0.556. The summed E-state index contributed by atoms with van der Waals surface area (Å²) in [6.45, 7) is 6.09. The molecule has 0 bridgehead atoms. The van der Waals surface area contributed by atoms with Crippen molar-refractivity contribution in [3.63, 3.8) is 0 Å². The molecule has 0 saturated carbocycles. The number of nitrogens with zero attached hydrogens (tertiary/aromatic N) is 1. The van der Waals surface area contributed by atoms with Crippen molar-refractivity contribution in [3.8, 4) is 0 Å². The molecule has 1 saturated heterocycles. The van der Waals surface area contributed by atoms with Crippen LogP contribution < -0.4 is 5.32 Å². The van der Waals surface area contributed by atoms with Gasteiger partial charge in [-0.2, -0.15) is 0 Å². The van der Waals surface area contributed by atoms with Crippen LogP contribution in [0.4, 0.5) is 4.79 Å². The zero-order valence-corrected chi connectivity index (χ0v) is 15.9. The van der Waals surface area contributed by atoms with Crippen molar-refractivity contribution in [1.29, 1.82) is 0 Å². The third-order valence-corrected chi connectivity index (χ3v) is 4.95. The highest BCUT2D eigenvalue weighted by atomic mass is 79.9. The average Bonchev–Trinajstić information content (AvgIpc) is 3.01. The molecule has 24 heavy (non-hydrogen) atoms. The summed E-state index contributed by atoms with van der Waals surface area (Å²) >= 11 is 3.50. The Kier molecular flexibility index (Phi) is 4.60. The molecule has 1 aliphatic carbocycles. The maximum Gasteiger partial charge on any atom is 0.408 e. The highest BCUT2D eigenvalue weighted by Gasteiger charge is 2.40. The number of aryl methyl sites for hydroxylation is 1. The van der Waals surface area contributed by atoms with Gasteiger partial charge < -0.3 is 15.0 Å². The van der Waals surface area contributed by atoms with E-state index in [2.05, 4.69) is 33.4 Å². The van der Waals surface area contributed by atoms with Crippen LogP contribution in [0.15, 0.2) is 22.7 Å². The van der Waals surface area contributed by atoms with E-state index in [4.69, 9.17) is 4.74 Å². The van der Waals surface area contributed by atoms with Gasteiger partial charge in [-0.15, -0.1) is 0 Å². The number of ether oxygens (including phenoxy) is 1. The molecule has 1 N–H and O–H groups in total. The first kappa shape index (κ1) is 17.3. The lowest BCUT2D eigenvalue weighted by molar-refractivity contribution is -0.131. The van der Waals surface area contributed by atoms with E-state index >= 15 is 0 Å². The van der Waals surface area contributed by atoms with E-state index in [0.717, 1.165) is 17.3 Å². The monoisotopic (exact) mass is 394 g/mol. The zero-order valence-electron chi connectivity index (χ0n) is 14.3. The Morgan fingerprint density at radius 3 is 2.79 bits per heavy atom. The number of halogens is 1.